The monoisotopic (exact) mass is 357 g/mol. The first kappa shape index (κ1) is 19.2. The fourth-order valence-corrected chi connectivity index (χ4v) is 2.34. The van der Waals surface area contributed by atoms with Gasteiger partial charge in [0.1, 0.15) is 18.0 Å². The van der Waals surface area contributed by atoms with Crippen molar-refractivity contribution in [2.75, 3.05) is 12.4 Å². The molecule has 0 radical (unpaired) electrons. The number of aryl methyl sites for hydroxylation is 1. The molecule has 1 aromatic carbocycles. The lowest BCUT2D eigenvalue weighted by molar-refractivity contribution is -0.122. The average Bonchev–Trinajstić information content (AvgIpc) is 2.66. The van der Waals surface area contributed by atoms with E-state index in [1.54, 1.807) is 33.1 Å². The van der Waals surface area contributed by atoms with Crippen molar-refractivity contribution in [2.45, 2.75) is 33.4 Å². The normalized spacial score (nSPS) is 10.3. The van der Waals surface area contributed by atoms with Crippen LogP contribution in [0.5, 0.6) is 5.75 Å². The number of pyridine rings is 1. The summed E-state index contributed by atoms with van der Waals surface area (Å²) in [5.74, 6) is 0.208. The summed E-state index contributed by atoms with van der Waals surface area (Å²) in [7, 11) is 1.59. The Morgan fingerprint density at radius 3 is 2.38 bits per heavy atom. The minimum Gasteiger partial charge on any atom is -0.497 e. The molecule has 0 spiro atoms. The van der Waals surface area contributed by atoms with Crippen molar-refractivity contribution >= 4 is 17.5 Å². The van der Waals surface area contributed by atoms with Crippen molar-refractivity contribution in [3.05, 3.63) is 58.0 Å². The number of rotatable bonds is 7. The van der Waals surface area contributed by atoms with Crippen molar-refractivity contribution in [1.29, 1.82) is 0 Å². The molecule has 0 aliphatic heterocycles. The largest absolute Gasteiger partial charge is 0.497 e. The lowest BCUT2D eigenvalue weighted by Gasteiger charge is -2.13. The first-order chi connectivity index (χ1) is 12.4. The number of anilines is 1. The number of nitrogens with one attached hydrogen (secondary N) is 2. The lowest BCUT2D eigenvalue weighted by atomic mass is 10.2. The van der Waals surface area contributed by atoms with E-state index in [0.29, 0.717) is 12.2 Å². The van der Waals surface area contributed by atoms with Crippen molar-refractivity contribution < 1.29 is 14.3 Å². The number of methoxy groups -OCH3 is 1. The second kappa shape index (κ2) is 8.84. The van der Waals surface area contributed by atoms with Crippen LogP contribution in [0.2, 0.25) is 0 Å². The zero-order chi connectivity index (χ0) is 19.1. The Morgan fingerprint density at radius 2 is 1.77 bits per heavy atom. The minimum atomic E-state index is -0.397. The summed E-state index contributed by atoms with van der Waals surface area (Å²) in [6, 6.07) is 10.6. The molecule has 0 aliphatic carbocycles. The molecule has 2 aromatic rings. The predicted molar refractivity (Wildman–Crippen MR) is 99.2 cm³/mol. The lowest BCUT2D eigenvalue weighted by Crippen LogP contribution is -2.34. The average molecular weight is 357 g/mol. The standard InChI is InChI=1S/C19H23N3O4/c1-4-17(23)21-16-10-5-13(2)22(19(16)25)12-18(24)20-11-14-6-8-15(26-3)9-7-14/h5-10H,4,11-12H2,1-3H3,(H,20,24)(H,21,23). The third-order valence-corrected chi connectivity index (χ3v) is 3.94. The van der Waals surface area contributed by atoms with Crippen LogP contribution in [0.1, 0.15) is 24.6 Å². The van der Waals surface area contributed by atoms with Crippen LogP contribution in [0.3, 0.4) is 0 Å². The Morgan fingerprint density at radius 1 is 1.08 bits per heavy atom. The first-order valence-electron chi connectivity index (χ1n) is 8.34. The maximum Gasteiger partial charge on any atom is 0.274 e. The molecule has 2 N–H and O–H groups in total. The molecule has 2 amide bonds. The van der Waals surface area contributed by atoms with E-state index in [4.69, 9.17) is 4.74 Å². The van der Waals surface area contributed by atoms with Gasteiger partial charge in [-0.05, 0) is 36.8 Å². The van der Waals surface area contributed by atoms with Gasteiger partial charge in [-0.2, -0.15) is 0 Å². The molecule has 1 heterocycles. The molecule has 26 heavy (non-hydrogen) atoms. The van der Waals surface area contributed by atoms with Gasteiger partial charge in [-0.15, -0.1) is 0 Å². The van der Waals surface area contributed by atoms with Crippen LogP contribution in [-0.4, -0.2) is 23.5 Å². The van der Waals surface area contributed by atoms with Crippen molar-refractivity contribution in [3.8, 4) is 5.75 Å². The summed E-state index contributed by atoms with van der Waals surface area (Å²) in [4.78, 5) is 36.2. The van der Waals surface area contributed by atoms with Crippen LogP contribution < -0.4 is 20.9 Å². The van der Waals surface area contributed by atoms with Crippen LogP contribution in [0.4, 0.5) is 5.69 Å². The number of nitrogens with zero attached hydrogens (tertiary/aromatic N) is 1. The maximum absolute atomic E-state index is 12.5. The quantitative estimate of drug-likeness (QED) is 0.791. The zero-order valence-corrected chi connectivity index (χ0v) is 15.2. The third kappa shape index (κ3) is 4.95. The zero-order valence-electron chi connectivity index (χ0n) is 15.2. The maximum atomic E-state index is 12.5. The van der Waals surface area contributed by atoms with Crippen LogP contribution in [0.25, 0.3) is 0 Å². The van der Waals surface area contributed by atoms with Crippen LogP contribution in [0.15, 0.2) is 41.2 Å². The van der Waals surface area contributed by atoms with Crippen molar-refractivity contribution in [2.24, 2.45) is 0 Å². The predicted octanol–water partition coefficient (Wildman–Crippen LogP) is 1.83. The number of benzene rings is 1. The SMILES string of the molecule is CCC(=O)Nc1ccc(C)n(CC(=O)NCc2ccc(OC)cc2)c1=O. The number of ether oxygens (including phenoxy) is 1. The van der Waals surface area contributed by atoms with Gasteiger partial charge in [-0.1, -0.05) is 19.1 Å². The Labute approximate surface area is 152 Å². The molecule has 0 bridgehead atoms. The first-order valence-corrected chi connectivity index (χ1v) is 8.34. The van der Waals surface area contributed by atoms with E-state index in [-0.39, 0.29) is 30.5 Å². The van der Waals surface area contributed by atoms with E-state index in [9.17, 15) is 14.4 Å². The number of hydrogen-bond acceptors (Lipinski definition) is 4. The molecule has 0 fully saturated rings. The van der Waals surface area contributed by atoms with E-state index >= 15 is 0 Å². The van der Waals surface area contributed by atoms with Crippen molar-refractivity contribution in [1.82, 2.24) is 9.88 Å². The van der Waals surface area contributed by atoms with Gasteiger partial charge < -0.3 is 19.9 Å². The van der Waals surface area contributed by atoms with Gasteiger partial charge >= 0.3 is 0 Å². The third-order valence-electron chi connectivity index (χ3n) is 3.94. The number of hydrogen-bond donors (Lipinski definition) is 2. The number of aromatic nitrogens is 1. The van der Waals surface area contributed by atoms with Crippen LogP contribution in [0, 0.1) is 6.92 Å². The molecule has 0 aliphatic rings. The van der Waals surface area contributed by atoms with Gasteiger partial charge in [0.25, 0.3) is 5.56 Å². The fraction of sp³-hybridized carbons (Fsp3) is 0.316. The Hall–Kier alpha value is -3.09. The summed E-state index contributed by atoms with van der Waals surface area (Å²) < 4.78 is 6.43. The minimum absolute atomic E-state index is 0.114. The topological polar surface area (TPSA) is 89.4 Å². The molecule has 0 unspecified atom stereocenters. The molecular weight excluding hydrogens is 334 g/mol. The molecule has 7 heteroatoms. The second-order valence-corrected chi connectivity index (χ2v) is 5.81. The van der Waals surface area contributed by atoms with Gasteiger partial charge in [0, 0.05) is 18.7 Å². The van der Waals surface area contributed by atoms with E-state index in [1.165, 1.54) is 4.57 Å². The van der Waals surface area contributed by atoms with Gasteiger partial charge in [-0.3, -0.25) is 14.4 Å². The number of amides is 2. The molecule has 2 rings (SSSR count). The molecule has 7 nitrogen and oxygen atoms in total. The number of carbonyl (C=O) groups excluding carboxylic acids is 2. The highest BCUT2D eigenvalue weighted by Gasteiger charge is 2.11. The van der Waals surface area contributed by atoms with Gasteiger partial charge in [0.05, 0.1) is 7.11 Å². The van der Waals surface area contributed by atoms with E-state index in [1.807, 2.05) is 24.3 Å². The van der Waals surface area contributed by atoms with Gasteiger partial charge in [0.15, 0.2) is 0 Å². The van der Waals surface area contributed by atoms with E-state index < -0.39 is 5.56 Å². The fourth-order valence-electron chi connectivity index (χ4n) is 2.34. The second-order valence-electron chi connectivity index (χ2n) is 5.81. The highest BCUT2D eigenvalue weighted by atomic mass is 16.5. The molecular formula is C19H23N3O4. The molecule has 138 valence electrons. The summed E-state index contributed by atoms with van der Waals surface area (Å²) in [6.07, 6.45) is 0.273. The van der Waals surface area contributed by atoms with E-state index in [0.717, 1.165) is 11.3 Å². The van der Waals surface area contributed by atoms with Crippen molar-refractivity contribution in [3.63, 3.8) is 0 Å². The molecule has 0 saturated carbocycles. The molecule has 0 saturated heterocycles. The Bertz CT molecular complexity index is 841. The highest BCUT2D eigenvalue weighted by Crippen LogP contribution is 2.11. The Balaban J connectivity index is 2.04. The summed E-state index contributed by atoms with van der Waals surface area (Å²) >= 11 is 0. The van der Waals surface area contributed by atoms with Gasteiger partial charge in [-0.25, -0.2) is 0 Å². The smallest absolute Gasteiger partial charge is 0.274 e. The van der Waals surface area contributed by atoms with Crippen LogP contribution >= 0.6 is 0 Å². The van der Waals surface area contributed by atoms with E-state index in [2.05, 4.69) is 10.6 Å². The molecule has 1 aromatic heterocycles. The van der Waals surface area contributed by atoms with Gasteiger partial charge in [0.2, 0.25) is 11.8 Å². The summed E-state index contributed by atoms with van der Waals surface area (Å²) in [6.45, 7) is 3.68. The van der Waals surface area contributed by atoms with Crippen LogP contribution in [-0.2, 0) is 22.7 Å². The summed E-state index contributed by atoms with van der Waals surface area (Å²) in [5, 5.41) is 5.34. The number of carbonyl (C=O) groups is 2. The summed E-state index contributed by atoms with van der Waals surface area (Å²) in [5.41, 5.74) is 1.34. The Kier molecular flexibility index (Phi) is 6.54. The highest BCUT2D eigenvalue weighted by molar-refractivity contribution is 5.90. The molecule has 0 atom stereocenters.